The second kappa shape index (κ2) is 22.7. The summed E-state index contributed by atoms with van der Waals surface area (Å²) in [5.41, 5.74) is 6.83. The molecule has 0 amide bonds. The summed E-state index contributed by atoms with van der Waals surface area (Å²) in [7, 11) is 1.42. The van der Waals surface area contributed by atoms with Gasteiger partial charge >= 0.3 is 17.9 Å². The highest BCUT2D eigenvalue weighted by Gasteiger charge is 2.17. The van der Waals surface area contributed by atoms with Crippen molar-refractivity contribution < 1.29 is 33.6 Å². The topological polar surface area (TPSA) is 139 Å². The number of hydrogen-bond donors (Lipinski definition) is 2. The number of unbranched alkanes of at least 4 members (excludes halogenated alkanes) is 4. The molecule has 5 aromatic carbocycles. The summed E-state index contributed by atoms with van der Waals surface area (Å²) in [4.78, 5) is 31.3. The van der Waals surface area contributed by atoms with Gasteiger partial charge in [0.1, 0.15) is 17.2 Å². The molecular weight excluding hydrogens is 783 g/mol. The number of carbonyl (C=O) groups excluding carboxylic acids is 1. The summed E-state index contributed by atoms with van der Waals surface area (Å²) >= 11 is 0. The Morgan fingerprint density at radius 1 is 0.661 bits per heavy atom. The third-order valence-corrected chi connectivity index (χ3v) is 10.3. The number of anilines is 1. The van der Waals surface area contributed by atoms with Gasteiger partial charge in [0.05, 0.1) is 48.1 Å². The third-order valence-electron chi connectivity index (χ3n) is 10.3. The van der Waals surface area contributed by atoms with Gasteiger partial charge in [-0.25, -0.2) is 4.98 Å². The minimum Gasteiger partial charge on any atom is -0.494 e. The third kappa shape index (κ3) is 12.6. The van der Waals surface area contributed by atoms with Crippen LogP contribution < -0.4 is 19.5 Å². The van der Waals surface area contributed by atoms with Gasteiger partial charge < -0.3 is 29.4 Å². The second-order valence-corrected chi connectivity index (χ2v) is 15.1. The van der Waals surface area contributed by atoms with Gasteiger partial charge in [0, 0.05) is 36.7 Å². The zero-order valence-corrected chi connectivity index (χ0v) is 36.1. The summed E-state index contributed by atoms with van der Waals surface area (Å²) in [5, 5.41) is 12.3. The quantitative estimate of drug-likeness (QED) is 0.0531. The lowest BCUT2D eigenvalue weighted by Gasteiger charge is -2.15. The van der Waals surface area contributed by atoms with Crippen molar-refractivity contribution in [3.8, 4) is 34.6 Å². The zero-order valence-electron chi connectivity index (χ0n) is 36.1. The lowest BCUT2D eigenvalue weighted by Crippen LogP contribution is -2.16. The molecule has 7 rings (SSSR count). The highest BCUT2D eigenvalue weighted by molar-refractivity contribution is 5.83. The fourth-order valence-electron chi connectivity index (χ4n) is 6.72. The van der Waals surface area contributed by atoms with E-state index in [1.807, 2.05) is 102 Å². The van der Waals surface area contributed by atoms with Crippen LogP contribution >= 0.6 is 0 Å². The Balaban J connectivity index is 0.000000207. The van der Waals surface area contributed by atoms with E-state index in [1.54, 1.807) is 0 Å². The molecule has 1 atom stereocenters. The van der Waals surface area contributed by atoms with E-state index < -0.39 is 5.97 Å². The number of nitrogens with zero attached hydrogens (tertiary/aromatic N) is 4. The van der Waals surface area contributed by atoms with Gasteiger partial charge in [0.2, 0.25) is 5.95 Å². The van der Waals surface area contributed by atoms with Gasteiger partial charge in [-0.05, 0) is 119 Å². The summed E-state index contributed by atoms with van der Waals surface area (Å²) in [6.45, 7) is 7.52. The number of methoxy groups -OCH3 is 1. The number of para-hydroxylation sites is 2. The molecule has 0 saturated heterocycles. The first-order valence-electron chi connectivity index (χ1n) is 21.4. The summed E-state index contributed by atoms with van der Waals surface area (Å²) in [6.07, 6.45) is 6.63. The van der Waals surface area contributed by atoms with Gasteiger partial charge in [-0.15, -0.1) is 0 Å². The van der Waals surface area contributed by atoms with Crippen LogP contribution in [0.4, 0.5) is 5.95 Å². The Morgan fingerprint density at radius 3 is 1.82 bits per heavy atom. The fourth-order valence-corrected chi connectivity index (χ4v) is 6.72. The predicted octanol–water partition coefficient (Wildman–Crippen LogP) is 11.5. The second-order valence-electron chi connectivity index (χ2n) is 15.1. The van der Waals surface area contributed by atoms with Crippen molar-refractivity contribution in [2.24, 2.45) is 0 Å². The van der Waals surface area contributed by atoms with E-state index in [0.717, 1.165) is 89.4 Å². The van der Waals surface area contributed by atoms with E-state index in [1.165, 1.54) is 12.7 Å². The number of aryl methyl sites for hydroxylation is 1. The number of carbonyl (C=O) groups is 2. The van der Waals surface area contributed by atoms with Crippen molar-refractivity contribution in [3.63, 3.8) is 0 Å². The Bertz CT molecular complexity index is 2480. The Morgan fingerprint density at radius 2 is 1.23 bits per heavy atom. The van der Waals surface area contributed by atoms with E-state index in [-0.39, 0.29) is 12.4 Å². The average Bonchev–Trinajstić information content (AvgIpc) is 3.83. The number of aromatic nitrogens is 4. The summed E-state index contributed by atoms with van der Waals surface area (Å²) < 4.78 is 26.8. The Labute approximate surface area is 363 Å². The van der Waals surface area contributed by atoms with Crippen molar-refractivity contribution in [3.05, 3.63) is 127 Å². The number of fused-ring (bicyclic) bond motifs is 2. The molecule has 7 aromatic rings. The van der Waals surface area contributed by atoms with E-state index in [4.69, 9.17) is 29.3 Å². The molecule has 0 spiro atoms. The molecule has 324 valence electrons. The fraction of sp³-hybridized carbons (Fsp3) is 0.320. The number of nitrogens with one attached hydrogen (secondary N) is 1. The van der Waals surface area contributed by atoms with Crippen LogP contribution in [-0.4, -0.2) is 62.5 Å². The Kier molecular flexibility index (Phi) is 16.4. The molecule has 12 nitrogen and oxygen atoms in total. The number of esters is 1. The molecule has 62 heavy (non-hydrogen) atoms. The molecular formula is C50H57N5O7. The van der Waals surface area contributed by atoms with Gasteiger partial charge in [0.15, 0.2) is 0 Å². The SMILES string of the molecule is CCC(C)Nc1nc2ccc(OCCCCCC(=O)OC)cc2n1-c1ccccc1.Cc1ccc(-n2c(Oc3ccccc3)nc3ccc(OCCCCCC(=O)O)cc32)cc1. The molecule has 1 unspecified atom stereocenters. The maximum atomic E-state index is 11.2. The molecule has 0 aliphatic carbocycles. The molecule has 0 fully saturated rings. The number of carboxylic acids is 1. The monoisotopic (exact) mass is 839 g/mol. The van der Waals surface area contributed by atoms with Gasteiger partial charge in [-0.3, -0.25) is 18.7 Å². The van der Waals surface area contributed by atoms with E-state index in [9.17, 15) is 9.59 Å². The maximum Gasteiger partial charge on any atom is 0.307 e. The van der Waals surface area contributed by atoms with Crippen LogP contribution in [0.5, 0.6) is 23.3 Å². The van der Waals surface area contributed by atoms with Crippen LogP contribution in [0, 0.1) is 6.92 Å². The van der Waals surface area contributed by atoms with E-state index >= 15 is 0 Å². The number of hydrogen-bond acceptors (Lipinski definition) is 9. The molecule has 0 saturated carbocycles. The number of aliphatic carboxylic acids is 1. The Hall–Kier alpha value is -6.82. The van der Waals surface area contributed by atoms with Crippen LogP contribution in [0.1, 0.15) is 77.2 Å². The van der Waals surface area contributed by atoms with Crippen LogP contribution in [-0.2, 0) is 14.3 Å². The van der Waals surface area contributed by atoms with E-state index in [2.05, 4.69) is 59.7 Å². The van der Waals surface area contributed by atoms with Gasteiger partial charge in [-0.1, -0.05) is 61.0 Å². The van der Waals surface area contributed by atoms with Crippen molar-refractivity contribution >= 4 is 40.0 Å². The van der Waals surface area contributed by atoms with Crippen LogP contribution in [0.2, 0.25) is 0 Å². The summed E-state index contributed by atoms with van der Waals surface area (Å²) in [6, 6.07) is 40.7. The first-order chi connectivity index (χ1) is 30.2. The smallest absolute Gasteiger partial charge is 0.307 e. The molecule has 0 aliphatic heterocycles. The molecule has 2 aromatic heterocycles. The number of imidazole rings is 2. The number of ether oxygens (including phenoxy) is 4. The highest BCUT2D eigenvalue weighted by atomic mass is 16.5. The molecule has 0 aliphatic rings. The first kappa shape index (κ1) is 44.7. The molecule has 2 N–H and O–H groups in total. The average molecular weight is 840 g/mol. The minimum absolute atomic E-state index is 0.155. The molecule has 12 heteroatoms. The van der Waals surface area contributed by atoms with Crippen molar-refractivity contribution in [1.29, 1.82) is 0 Å². The predicted molar refractivity (Wildman–Crippen MR) is 244 cm³/mol. The first-order valence-corrected chi connectivity index (χ1v) is 21.4. The normalized spacial score (nSPS) is 11.4. The van der Waals surface area contributed by atoms with Crippen molar-refractivity contribution in [2.45, 2.75) is 84.6 Å². The maximum absolute atomic E-state index is 11.2. The van der Waals surface area contributed by atoms with Gasteiger partial charge in [-0.2, -0.15) is 4.98 Å². The summed E-state index contributed by atoms with van der Waals surface area (Å²) in [5.74, 6) is 2.21. The van der Waals surface area contributed by atoms with E-state index in [0.29, 0.717) is 43.9 Å². The molecule has 0 bridgehead atoms. The zero-order chi connectivity index (χ0) is 43.7. The molecule has 2 heterocycles. The lowest BCUT2D eigenvalue weighted by atomic mass is 10.2. The van der Waals surface area contributed by atoms with Crippen LogP contribution in [0.15, 0.2) is 121 Å². The minimum atomic E-state index is -0.755. The van der Waals surface area contributed by atoms with Crippen molar-refractivity contribution in [2.75, 3.05) is 25.6 Å². The standard InChI is InChI=1S/C26H26N2O4.C24H31N3O3/c1-19-11-13-20(14-12-19)28-24-18-22(31-17-7-3-6-10-25(29)30)15-16-23(24)27-26(28)32-21-8-4-2-5-9-21;1-4-18(2)25-24-26-21-15-14-20(30-16-10-6-9-13-23(28)29-3)17-22(21)27(24)19-11-7-5-8-12-19/h2,4-5,8-9,11-16,18H,3,6-7,10,17H2,1H3,(H,29,30);5,7-8,11-12,14-15,17-18H,4,6,9-10,13,16H2,1-3H3,(H,25,26). The number of carboxylic acid groups (broad SMARTS) is 1. The van der Waals surface area contributed by atoms with Gasteiger partial charge in [0.25, 0.3) is 0 Å². The number of benzene rings is 5. The van der Waals surface area contributed by atoms with Crippen LogP contribution in [0.25, 0.3) is 33.4 Å². The largest absolute Gasteiger partial charge is 0.494 e. The molecule has 0 radical (unpaired) electrons. The highest BCUT2D eigenvalue weighted by Crippen LogP contribution is 2.32. The number of rotatable bonds is 21. The lowest BCUT2D eigenvalue weighted by molar-refractivity contribution is -0.141. The van der Waals surface area contributed by atoms with Crippen molar-refractivity contribution in [1.82, 2.24) is 19.1 Å². The van der Waals surface area contributed by atoms with Crippen LogP contribution in [0.3, 0.4) is 0 Å².